The second kappa shape index (κ2) is 5.58. The van der Waals surface area contributed by atoms with Crippen molar-refractivity contribution >= 4 is 10.9 Å². The summed E-state index contributed by atoms with van der Waals surface area (Å²) in [6, 6.07) is 15.7. The summed E-state index contributed by atoms with van der Waals surface area (Å²) in [5, 5.41) is 10.2. The highest BCUT2D eigenvalue weighted by molar-refractivity contribution is 5.86. The standard InChI is InChI=1S/C18H14N2O3/c19-10-13-11-20(16-4-2-1-3-15(13)16)7-8-21-14-5-6-17-18(9-14)23-12-22-17/h1-6,9,11H,7-8,12H2. The van der Waals surface area contributed by atoms with Gasteiger partial charge in [-0.15, -0.1) is 0 Å². The SMILES string of the molecule is N#Cc1cn(CCOc2ccc3c(c2)OCO3)c2ccccc12. The van der Waals surface area contributed by atoms with Crippen LogP contribution in [0.1, 0.15) is 5.56 Å². The molecule has 0 unspecified atom stereocenters. The summed E-state index contributed by atoms with van der Waals surface area (Å²) >= 11 is 0. The molecule has 0 bridgehead atoms. The van der Waals surface area contributed by atoms with E-state index in [1.807, 2.05) is 53.2 Å². The zero-order valence-electron chi connectivity index (χ0n) is 12.4. The lowest BCUT2D eigenvalue weighted by Gasteiger charge is -2.08. The van der Waals surface area contributed by atoms with Crippen LogP contribution in [-0.4, -0.2) is 18.0 Å². The van der Waals surface area contributed by atoms with E-state index >= 15 is 0 Å². The number of nitriles is 1. The van der Waals surface area contributed by atoms with E-state index in [0.29, 0.717) is 24.5 Å². The summed E-state index contributed by atoms with van der Waals surface area (Å²) in [4.78, 5) is 0. The number of para-hydroxylation sites is 1. The Kier molecular flexibility index (Phi) is 3.28. The molecule has 0 saturated heterocycles. The van der Waals surface area contributed by atoms with Gasteiger partial charge in [0.15, 0.2) is 11.5 Å². The van der Waals surface area contributed by atoms with Gasteiger partial charge in [-0.3, -0.25) is 0 Å². The van der Waals surface area contributed by atoms with Gasteiger partial charge in [0.05, 0.1) is 12.1 Å². The maximum Gasteiger partial charge on any atom is 0.231 e. The summed E-state index contributed by atoms with van der Waals surface area (Å²) in [7, 11) is 0. The summed E-state index contributed by atoms with van der Waals surface area (Å²) in [5.41, 5.74) is 1.72. The molecule has 1 aliphatic rings. The molecule has 114 valence electrons. The first-order valence-electron chi connectivity index (χ1n) is 7.35. The molecule has 0 aliphatic carbocycles. The third kappa shape index (κ3) is 2.44. The maximum atomic E-state index is 9.22. The van der Waals surface area contributed by atoms with E-state index in [1.54, 1.807) is 0 Å². The third-order valence-corrected chi connectivity index (χ3v) is 3.85. The Labute approximate surface area is 133 Å². The Morgan fingerprint density at radius 1 is 1.13 bits per heavy atom. The molecule has 1 aromatic heterocycles. The predicted molar refractivity (Wildman–Crippen MR) is 84.7 cm³/mol. The Balaban J connectivity index is 1.49. The van der Waals surface area contributed by atoms with E-state index in [9.17, 15) is 5.26 Å². The topological polar surface area (TPSA) is 56.4 Å². The van der Waals surface area contributed by atoms with Crippen LogP contribution in [0.4, 0.5) is 0 Å². The van der Waals surface area contributed by atoms with Crippen LogP contribution >= 0.6 is 0 Å². The fourth-order valence-electron chi connectivity index (χ4n) is 2.75. The lowest BCUT2D eigenvalue weighted by atomic mass is 10.2. The van der Waals surface area contributed by atoms with Crippen molar-refractivity contribution in [3.8, 4) is 23.3 Å². The number of benzene rings is 2. The number of hydrogen-bond acceptors (Lipinski definition) is 4. The van der Waals surface area contributed by atoms with Crippen LogP contribution in [0.5, 0.6) is 17.2 Å². The van der Waals surface area contributed by atoms with E-state index in [-0.39, 0.29) is 6.79 Å². The molecule has 0 amide bonds. The van der Waals surface area contributed by atoms with Gasteiger partial charge in [-0.2, -0.15) is 5.26 Å². The average molecular weight is 306 g/mol. The first kappa shape index (κ1) is 13.5. The van der Waals surface area contributed by atoms with Gasteiger partial charge in [0, 0.05) is 23.2 Å². The molecular weight excluding hydrogens is 292 g/mol. The molecule has 23 heavy (non-hydrogen) atoms. The second-order valence-corrected chi connectivity index (χ2v) is 5.23. The Hall–Kier alpha value is -3.13. The molecule has 0 fully saturated rings. The summed E-state index contributed by atoms with van der Waals surface area (Å²) in [6.07, 6.45) is 1.87. The lowest BCUT2D eigenvalue weighted by molar-refractivity contribution is 0.173. The predicted octanol–water partition coefficient (Wildman–Crippen LogP) is 3.32. The van der Waals surface area contributed by atoms with Crippen LogP contribution in [0.25, 0.3) is 10.9 Å². The largest absolute Gasteiger partial charge is 0.492 e. The van der Waals surface area contributed by atoms with Crippen molar-refractivity contribution in [1.29, 1.82) is 5.26 Å². The molecule has 2 aromatic carbocycles. The van der Waals surface area contributed by atoms with Crippen LogP contribution in [0, 0.1) is 11.3 Å². The lowest BCUT2D eigenvalue weighted by Crippen LogP contribution is -2.07. The van der Waals surface area contributed by atoms with Gasteiger partial charge in [0.1, 0.15) is 18.4 Å². The molecule has 2 heterocycles. The first-order valence-corrected chi connectivity index (χ1v) is 7.35. The second-order valence-electron chi connectivity index (χ2n) is 5.23. The van der Waals surface area contributed by atoms with Crippen molar-refractivity contribution in [2.24, 2.45) is 0 Å². The molecule has 0 radical (unpaired) electrons. The van der Waals surface area contributed by atoms with E-state index in [1.165, 1.54) is 0 Å². The number of rotatable bonds is 4. The molecule has 0 N–H and O–H groups in total. The fraction of sp³-hybridized carbons (Fsp3) is 0.167. The van der Waals surface area contributed by atoms with E-state index < -0.39 is 0 Å². The zero-order chi connectivity index (χ0) is 15.6. The van der Waals surface area contributed by atoms with Crippen LogP contribution in [0.2, 0.25) is 0 Å². The van der Waals surface area contributed by atoms with Crippen molar-refractivity contribution in [3.63, 3.8) is 0 Å². The van der Waals surface area contributed by atoms with Gasteiger partial charge >= 0.3 is 0 Å². The van der Waals surface area contributed by atoms with Gasteiger partial charge < -0.3 is 18.8 Å². The van der Waals surface area contributed by atoms with Crippen LogP contribution < -0.4 is 14.2 Å². The molecule has 0 spiro atoms. The monoisotopic (exact) mass is 306 g/mol. The van der Waals surface area contributed by atoms with Crippen molar-refractivity contribution in [2.75, 3.05) is 13.4 Å². The molecule has 5 nitrogen and oxygen atoms in total. The Bertz CT molecular complexity index is 908. The molecule has 3 aromatic rings. The van der Waals surface area contributed by atoms with Gasteiger partial charge in [-0.25, -0.2) is 0 Å². The van der Waals surface area contributed by atoms with Crippen molar-refractivity contribution in [1.82, 2.24) is 4.57 Å². The molecule has 0 atom stereocenters. The summed E-state index contributed by atoms with van der Waals surface area (Å²) in [5.74, 6) is 2.19. The van der Waals surface area contributed by atoms with E-state index in [4.69, 9.17) is 14.2 Å². The van der Waals surface area contributed by atoms with Gasteiger partial charge in [-0.05, 0) is 18.2 Å². The molecule has 4 rings (SSSR count). The molecule has 5 heteroatoms. The van der Waals surface area contributed by atoms with Crippen LogP contribution in [0.15, 0.2) is 48.7 Å². The smallest absolute Gasteiger partial charge is 0.231 e. The first-order chi connectivity index (χ1) is 11.3. The fourth-order valence-corrected chi connectivity index (χ4v) is 2.75. The minimum Gasteiger partial charge on any atom is -0.492 e. The van der Waals surface area contributed by atoms with Crippen LogP contribution in [-0.2, 0) is 6.54 Å². The van der Waals surface area contributed by atoms with E-state index in [2.05, 4.69) is 6.07 Å². The van der Waals surface area contributed by atoms with E-state index in [0.717, 1.165) is 22.4 Å². The highest BCUT2D eigenvalue weighted by Crippen LogP contribution is 2.35. The highest BCUT2D eigenvalue weighted by Gasteiger charge is 2.13. The minimum atomic E-state index is 0.255. The quantitative estimate of drug-likeness (QED) is 0.742. The number of nitrogens with zero attached hydrogens (tertiary/aromatic N) is 2. The Morgan fingerprint density at radius 3 is 2.91 bits per heavy atom. The Morgan fingerprint density at radius 2 is 2.00 bits per heavy atom. The molecule has 0 saturated carbocycles. The number of hydrogen-bond donors (Lipinski definition) is 0. The average Bonchev–Trinajstić information content (AvgIpc) is 3.19. The van der Waals surface area contributed by atoms with Crippen molar-refractivity contribution < 1.29 is 14.2 Å². The van der Waals surface area contributed by atoms with Crippen molar-refractivity contribution in [3.05, 3.63) is 54.2 Å². The minimum absolute atomic E-state index is 0.255. The number of ether oxygens (including phenoxy) is 3. The van der Waals surface area contributed by atoms with Gasteiger partial charge in [0.25, 0.3) is 0 Å². The normalized spacial score (nSPS) is 12.3. The summed E-state index contributed by atoms with van der Waals surface area (Å²) < 4.78 is 18.4. The van der Waals surface area contributed by atoms with Gasteiger partial charge in [-0.1, -0.05) is 18.2 Å². The van der Waals surface area contributed by atoms with Gasteiger partial charge in [0.2, 0.25) is 6.79 Å². The number of aromatic nitrogens is 1. The number of fused-ring (bicyclic) bond motifs is 2. The highest BCUT2D eigenvalue weighted by atomic mass is 16.7. The molecular formula is C18H14N2O3. The third-order valence-electron chi connectivity index (χ3n) is 3.85. The molecule has 1 aliphatic heterocycles. The summed E-state index contributed by atoms with van der Waals surface area (Å²) in [6.45, 7) is 1.42. The van der Waals surface area contributed by atoms with Crippen molar-refractivity contribution in [2.45, 2.75) is 6.54 Å². The zero-order valence-corrected chi connectivity index (χ0v) is 12.4. The maximum absolute atomic E-state index is 9.22. The van der Waals surface area contributed by atoms with Crippen LogP contribution in [0.3, 0.4) is 0 Å².